The highest BCUT2D eigenvalue weighted by molar-refractivity contribution is 4.95. The van der Waals surface area contributed by atoms with Gasteiger partial charge in [-0.3, -0.25) is 0 Å². The van der Waals surface area contributed by atoms with E-state index in [4.69, 9.17) is 9.47 Å². The quantitative estimate of drug-likeness (QED) is 0.781. The molecule has 0 aromatic heterocycles. The molecule has 3 fully saturated rings. The van der Waals surface area contributed by atoms with Gasteiger partial charge in [-0.2, -0.15) is 0 Å². The fourth-order valence-electron chi connectivity index (χ4n) is 3.67. The van der Waals surface area contributed by atoms with Gasteiger partial charge in [-0.05, 0) is 38.0 Å². The maximum atomic E-state index is 10.7. The van der Waals surface area contributed by atoms with Gasteiger partial charge in [-0.15, -0.1) is 0 Å². The average Bonchev–Trinajstić information content (AvgIpc) is 2.59. The second-order valence-electron chi connectivity index (χ2n) is 5.85. The fraction of sp³-hybridized carbons (Fsp3) is 1.00. The van der Waals surface area contributed by atoms with Crippen molar-refractivity contribution in [3.63, 3.8) is 0 Å². The Kier molecular flexibility index (Phi) is 2.94. The van der Waals surface area contributed by atoms with Gasteiger partial charge >= 0.3 is 0 Å². The third kappa shape index (κ3) is 2.27. The van der Waals surface area contributed by atoms with Crippen LogP contribution in [0.4, 0.5) is 0 Å². The minimum absolute atomic E-state index is 0.337. The summed E-state index contributed by atoms with van der Waals surface area (Å²) in [7, 11) is 0. The zero-order valence-electron chi connectivity index (χ0n) is 9.86. The van der Waals surface area contributed by atoms with Crippen molar-refractivity contribution in [3.8, 4) is 0 Å². The third-order valence-corrected chi connectivity index (χ3v) is 4.42. The van der Waals surface area contributed by atoms with Crippen molar-refractivity contribution in [2.45, 2.75) is 62.8 Å². The van der Waals surface area contributed by atoms with E-state index >= 15 is 0 Å². The Morgan fingerprint density at radius 3 is 2.25 bits per heavy atom. The summed E-state index contributed by atoms with van der Waals surface area (Å²) in [4.78, 5) is 0. The van der Waals surface area contributed by atoms with Crippen LogP contribution in [0.2, 0.25) is 0 Å². The van der Waals surface area contributed by atoms with E-state index in [1.54, 1.807) is 0 Å². The SMILES string of the molecule is OC1(CC2CCOCC2)CC2CCC(C1)O2. The first-order valence-corrected chi connectivity index (χ1v) is 6.69. The van der Waals surface area contributed by atoms with Gasteiger partial charge in [-0.1, -0.05) is 0 Å². The first-order chi connectivity index (χ1) is 7.73. The standard InChI is InChI=1S/C13H22O3/c14-13(7-10-3-5-15-6-4-10)8-11-1-2-12(9-13)16-11/h10-12,14H,1-9H2. The molecule has 0 saturated carbocycles. The van der Waals surface area contributed by atoms with Crippen molar-refractivity contribution in [1.82, 2.24) is 0 Å². The molecule has 0 amide bonds. The largest absolute Gasteiger partial charge is 0.390 e. The van der Waals surface area contributed by atoms with Crippen LogP contribution in [0.25, 0.3) is 0 Å². The van der Waals surface area contributed by atoms with E-state index in [1.165, 1.54) is 0 Å². The Morgan fingerprint density at radius 1 is 1.00 bits per heavy atom. The molecule has 3 saturated heterocycles. The average molecular weight is 226 g/mol. The van der Waals surface area contributed by atoms with E-state index in [0.29, 0.717) is 18.1 Å². The maximum Gasteiger partial charge on any atom is 0.0699 e. The summed E-state index contributed by atoms with van der Waals surface area (Å²) in [5, 5.41) is 10.7. The highest BCUT2D eigenvalue weighted by Crippen LogP contribution is 2.42. The highest BCUT2D eigenvalue weighted by Gasteiger charge is 2.44. The molecule has 3 heterocycles. The Labute approximate surface area is 97.1 Å². The van der Waals surface area contributed by atoms with Gasteiger partial charge in [0.1, 0.15) is 0 Å². The van der Waals surface area contributed by atoms with Crippen LogP contribution in [0.3, 0.4) is 0 Å². The lowest BCUT2D eigenvalue weighted by Gasteiger charge is -2.39. The molecule has 0 radical (unpaired) electrons. The normalized spacial score (nSPS) is 44.8. The van der Waals surface area contributed by atoms with Crippen LogP contribution in [-0.2, 0) is 9.47 Å². The summed E-state index contributed by atoms with van der Waals surface area (Å²) in [5.41, 5.74) is -0.438. The topological polar surface area (TPSA) is 38.7 Å². The van der Waals surface area contributed by atoms with Gasteiger partial charge in [0.15, 0.2) is 0 Å². The third-order valence-electron chi connectivity index (χ3n) is 4.42. The molecule has 92 valence electrons. The number of hydrogen-bond acceptors (Lipinski definition) is 3. The summed E-state index contributed by atoms with van der Waals surface area (Å²) in [6.07, 6.45) is 7.92. The molecule has 0 aromatic rings. The van der Waals surface area contributed by atoms with Crippen molar-refractivity contribution in [2.24, 2.45) is 5.92 Å². The minimum atomic E-state index is -0.438. The molecular weight excluding hydrogens is 204 g/mol. The monoisotopic (exact) mass is 226 g/mol. The number of rotatable bonds is 2. The van der Waals surface area contributed by atoms with Crippen molar-refractivity contribution in [2.75, 3.05) is 13.2 Å². The molecule has 3 aliphatic rings. The highest BCUT2D eigenvalue weighted by atomic mass is 16.5. The van der Waals surface area contributed by atoms with E-state index in [2.05, 4.69) is 0 Å². The van der Waals surface area contributed by atoms with E-state index in [0.717, 1.165) is 58.2 Å². The molecule has 16 heavy (non-hydrogen) atoms. The van der Waals surface area contributed by atoms with E-state index < -0.39 is 5.60 Å². The van der Waals surface area contributed by atoms with Gasteiger partial charge < -0.3 is 14.6 Å². The van der Waals surface area contributed by atoms with E-state index in [1.807, 2.05) is 0 Å². The molecule has 0 aromatic carbocycles. The first kappa shape index (κ1) is 11.0. The van der Waals surface area contributed by atoms with Gasteiger partial charge in [0.05, 0.1) is 17.8 Å². The molecule has 0 spiro atoms. The second kappa shape index (κ2) is 4.28. The molecule has 3 nitrogen and oxygen atoms in total. The maximum absolute atomic E-state index is 10.7. The van der Waals surface area contributed by atoms with Crippen LogP contribution in [0, 0.1) is 5.92 Å². The fourth-order valence-corrected chi connectivity index (χ4v) is 3.67. The Balaban J connectivity index is 1.60. The van der Waals surface area contributed by atoms with Crippen LogP contribution in [0.1, 0.15) is 44.9 Å². The van der Waals surface area contributed by atoms with E-state index in [-0.39, 0.29) is 0 Å². The van der Waals surface area contributed by atoms with Crippen LogP contribution in [0.15, 0.2) is 0 Å². The Bertz CT molecular complexity index is 236. The van der Waals surface area contributed by atoms with Crippen LogP contribution in [-0.4, -0.2) is 36.1 Å². The summed E-state index contributed by atoms with van der Waals surface area (Å²) >= 11 is 0. The molecular formula is C13H22O3. The lowest BCUT2D eigenvalue weighted by molar-refractivity contribution is -0.124. The first-order valence-electron chi connectivity index (χ1n) is 6.69. The lowest BCUT2D eigenvalue weighted by Crippen LogP contribution is -2.43. The van der Waals surface area contributed by atoms with E-state index in [9.17, 15) is 5.11 Å². The smallest absolute Gasteiger partial charge is 0.0699 e. The molecule has 3 aliphatic heterocycles. The molecule has 3 heteroatoms. The van der Waals surface area contributed by atoms with Crippen molar-refractivity contribution < 1.29 is 14.6 Å². The molecule has 2 atom stereocenters. The summed E-state index contributed by atoms with van der Waals surface area (Å²) in [6.45, 7) is 1.76. The van der Waals surface area contributed by atoms with Crippen molar-refractivity contribution in [3.05, 3.63) is 0 Å². The molecule has 1 N–H and O–H groups in total. The van der Waals surface area contributed by atoms with Gasteiger partial charge in [0.2, 0.25) is 0 Å². The number of fused-ring (bicyclic) bond motifs is 2. The zero-order chi connectivity index (χ0) is 11.0. The number of aliphatic hydroxyl groups is 1. The summed E-state index contributed by atoms with van der Waals surface area (Å²) in [6, 6.07) is 0. The van der Waals surface area contributed by atoms with Gasteiger partial charge in [0.25, 0.3) is 0 Å². The minimum Gasteiger partial charge on any atom is -0.390 e. The predicted molar refractivity (Wildman–Crippen MR) is 60.2 cm³/mol. The molecule has 2 unspecified atom stereocenters. The van der Waals surface area contributed by atoms with Crippen molar-refractivity contribution >= 4 is 0 Å². The van der Waals surface area contributed by atoms with Crippen LogP contribution in [0.5, 0.6) is 0 Å². The lowest BCUT2D eigenvalue weighted by atomic mass is 9.79. The molecule has 3 rings (SSSR count). The molecule has 2 bridgehead atoms. The number of ether oxygens (including phenoxy) is 2. The zero-order valence-corrected chi connectivity index (χ0v) is 9.86. The second-order valence-corrected chi connectivity index (χ2v) is 5.85. The van der Waals surface area contributed by atoms with Gasteiger partial charge in [-0.25, -0.2) is 0 Å². The summed E-state index contributed by atoms with van der Waals surface area (Å²) in [5.74, 6) is 0.663. The summed E-state index contributed by atoms with van der Waals surface area (Å²) < 4.78 is 11.2. The molecule has 0 aliphatic carbocycles. The predicted octanol–water partition coefficient (Wildman–Crippen LogP) is 1.88. The van der Waals surface area contributed by atoms with Gasteiger partial charge in [0, 0.05) is 26.1 Å². The number of hydrogen-bond donors (Lipinski definition) is 1. The Morgan fingerprint density at radius 2 is 1.62 bits per heavy atom. The van der Waals surface area contributed by atoms with Crippen molar-refractivity contribution in [1.29, 1.82) is 0 Å². The van der Waals surface area contributed by atoms with Crippen LogP contribution < -0.4 is 0 Å². The Hall–Kier alpha value is -0.120. The van der Waals surface area contributed by atoms with Crippen LogP contribution >= 0.6 is 0 Å².